The van der Waals surface area contributed by atoms with Crippen LogP contribution in [0.25, 0.3) is 0 Å². The Balaban J connectivity index is 2.24. The van der Waals surface area contributed by atoms with Gasteiger partial charge in [-0.15, -0.1) is 0 Å². The van der Waals surface area contributed by atoms with Crippen molar-refractivity contribution < 1.29 is 27.4 Å². The molecule has 0 spiro atoms. The second-order valence-electron chi connectivity index (χ2n) is 5.42. The summed E-state index contributed by atoms with van der Waals surface area (Å²) in [6.07, 6.45) is -4.94. The Bertz CT molecular complexity index is 731. The molecular formula is C19H18F3NO3. The normalized spacial score (nSPS) is 13.3. The second-order valence-corrected chi connectivity index (χ2v) is 5.42. The molecule has 0 bridgehead atoms. The predicted molar refractivity (Wildman–Crippen MR) is 90.8 cm³/mol. The van der Waals surface area contributed by atoms with E-state index >= 15 is 0 Å². The second kappa shape index (κ2) is 9.15. The third-order valence-electron chi connectivity index (χ3n) is 3.47. The third-order valence-corrected chi connectivity index (χ3v) is 3.47. The number of aliphatic imine (C=N–C) groups is 1. The van der Waals surface area contributed by atoms with Gasteiger partial charge in [0.1, 0.15) is 6.61 Å². The smallest absolute Gasteiger partial charge is 0.440 e. The molecule has 0 fully saturated rings. The van der Waals surface area contributed by atoms with Crippen LogP contribution >= 0.6 is 0 Å². The van der Waals surface area contributed by atoms with Crippen molar-refractivity contribution in [3.05, 3.63) is 71.8 Å². The predicted octanol–water partition coefficient (Wildman–Crippen LogP) is 4.12. The first-order valence-corrected chi connectivity index (χ1v) is 7.81. The zero-order valence-corrected chi connectivity index (χ0v) is 14.1. The van der Waals surface area contributed by atoms with Crippen LogP contribution < -0.4 is 0 Å². The third kappa shape index (κ3) is 5.70. The summed E-state index contributed by atoms with van der Waals surface area (Å²) >= 11 is 0. The Kier molecular flexibility index (Phi) is 6.91. The summed E-state index contributed by atoms with van der Waals surface area (Å²) in [5.41, 5.74) is -0.495. The molecule has 0 saturated carbocycles. The van der Waals surface area contributed by atoms with Crippen molar-refractivity contribution >= 4 is 11.7 Å². The molecule has 7 heteroatoms. The molecule has 0 saturated heterocycles. The molecule has 2 aromatic rings. The number of halogens is 3. The Morgan fingerprint density at radius 1 is 1.04 bits per heavy atom. The van der Waals surface area contributed by atoms with E-state index in [1.54, 1.807) is 60.7 Å². The van der Waals surface area contributed by atoms with Crippen LogP contribution in [0.1, 0.15) is 17.2 Å². The van der Waals surface area contributed by atoms with Crippen LogP contribution in [-0.2, 0) is 20.9 Å². The quantitative estimate of drug-likeness (QED) is 0.548. The van der Waals surface area contributed by atoms with E-state index in [1.165, 1.54) is 7.11 Å². The Labute approximate surface area is 149 Å². The number of esters is 1. The summed E-state index contributed by atoms with van der Waals surface area (Å²) in [6.45, 7) is -0.370. The topological polar surface area (TPSA) is 47.9 Å². The molecule has 0 aliphatic rings. The molecule has 0 aliphatic heterocycles. The van der Waals surface area contributed by atoms with Gasteiger partial charge in [-0.05, 0) is 11.1 Å². The first kappa shape index (κ1) is 19.7. The summed E-state index contributed by atoms with van der Waals surface area (Å²) in [5.74, 6) is -1.52. The summed E-state index contributed by atoms with van der Waals surface area (Å²) in [5, 5.41) is 0. The average molecular weight is 365 g/mol. The van der Waals surface area contributed by atoms with Gasteiger partial charge in [-0.1, -0.05) is 60.7 Å². The molecule has 0 radical (unpaired) electrons. The van der Waals surface area contributed by atoms with Crippen molar-refractivity contribution in [2.24, 2.45) is 4.99 Å². The van der Waals surface area contributed by atoms with Gasteiger partial charge in [-0.2, -0.15) is 13.2 Å². The molecule has 0 aromatic heterocycles. The van der Waals surface area contributed by atoms with Gasteiger partial charge in [0.2, 0.25) is 5.71 Å². The molecule has 0 unspecified atom stereocenters. The van der Waals surface area contributed by atoms with Crippen molar-refractivity contribution in [3.8, 4) is 0 Å². The van der Waals surface area contributed by atoms with Crippen LogP contribution in [0, 0.1) is 0 Å². The zero-order chi connectivity index (χ0) is 19.0. The highest BCUT2D eigenvalue weighted by Crippen LogP contribution is 2.24. The van der Waals surface area contributed by atoms with Crippen LogP contribution in [0.15, 0.2) is 65.7 Å². The van der Waals surface area contributed by atoms with E-state index in [9.17, 15) is 18.0 Å². The lowest BCUT2D eigenvalue weighted by Crippen LogP contribution is -2.33. The lowest BCUT2D eigenvalue weighted by atomic mass is 10.1. The fraction of sp³-hybridized carbons (Fsp3) is 0.263. The minimum Gasteiger partial charge on any atom is -0.456 e. The highest BCUT2D eigenvalue weighted by Gasteiger charge is 2.42. The Morgan fingerprint density at radius 3 is 2.15 bits per heavy atom. The monoisotopic (exact) mass is 365 g/mol. The summed E-state index contributed by atoms with van der Waals surface area (Å²) in [6, 6.07) is 15.8. The molecule has 138 valence electrons. The zero-order valence-electron chi connectivity index (χ0n) is 14.1. The van der Waals surface area contributed by atoms with E-state index in [-0.39, 0.29) is 13.2 Å². The minimum atomic E-state index is -4.94. The number of methoxy groups -OCH3 is 1. The van der Waals surface area contributed by atoms with Crippen molar-refractivity contribution in [1.29, 1.82) is 0 Å². The first-order chi connectivity index (χ1) is 12.4. The summed E-state index contributed by atoms with van der Waals surface area (Å²) < 4.78 is 49.8. The van der Waals surface area contributed by atoms with Crippen LogP contribution in [0.4, 0.5) is 13.2 Å². The number of alkyl halides is 3. The maximum Gasteiger partial charge on any atom is 0.440 e. The van der Waals surface area contributed by atoms with Crippen LogP contribution in [0.5, 0.6) is 0 Å². The van der Waals surface area contributed by atoms with Crippen LogP contribution in [0.2, 0.25) is 0 Å². The Hall–Kier alpha value is -2.67. The van der Waals surface area contributed by atoms with Gasteiger partial charge in [0.25, 0.3) is 0 Å². The molecule has 0 heterocycles. The van der Waals surface area contributed by atoms with Crippen molar-refractivity contribution in [2.45, 2.75) is 18.8 Å². The standard InChI is InChI=1S/C19H18F3NO3/c1-25-13-16(15-10-6-3-7-11-15)23-17(19(20,21)22)18(24)26-12-14-8-4-2-5-9-14/h2-11,16H,12-13H2,1H3/t16-/m0/s1. The van der Waals surface area contributed by atoms with Crippen molar-refractivity contribution in [1.82, 2.24) is 0 Å². The van der Waals surface area contributed by atoms with Crippen molar-refractivity contribution in [3.63, 3.8) is 0 Å². The van der Waals surface area contributed by atoms with Gasteiger partial charge in [0.05, 0.1) is 12.6 Å². The highest BCUT2D eigenvalue weighted by molar-refractivity contribution is 6.38. The fourth-order valence-electron chi connectivity index (χ4n) is 2.23. The van der Waals surface area contributed by atoms with E-state index in [0.717, 1.165) is 0 Å². The molecule has 26 heavy (non-hydrogen) atoms. The highest BCUT2D eigenvalue weighted by atomic mass is 19.4. The number of benzene rings is 2. The largest absolute Gasteiger partial charge is 0.456 e. The molecule has 2 aromatic carbocycles. The molecule has 0 N–H and O–H groups in total. The number of nitrogens with zero attached hydrogens (tertiary/aromatic N) is 1. The average Bonchev–Trinajstić information content (AvgIpc) is 2.63. The van der Waals surface area contributed by atoms with Gasteiger partial charge < -0.3 is 9.47 Å². The lowest BCUT2D eigenvalue weighted by molar-refractivity contribution is -0.141. The fourth-order valence-corrected chi connectivity index (χ4v) is 2.23. The van der Waals surface area contributed by atoms with E-state index in [1.807, 2.05) is 0 Å². The number of rotatable bonds is 7. The van der Waals surface area contributed by atoms with E-state index < -0.39 is 23.9 Å². The van der Waals surface area contributed by atoms with E-state index in [2.05, 4.69) is 4.99 Å². The molecule has 2 rings (SSSR count). The summed E-state index contributed by atoms with van der Waals surface area (Å²) in [7, 11) is 1.35. The van der Waals surface area contributed by atoms with E-state index in [4.69, 9.17) is 9.47 Å². The van der Waals surface area contributed by atoms with Gasteiger partial charge in [0, 0.05) is 7.11 Å². The first-order valence-electron chi connectivity index (χ1n) is 7.81. The number of hydrogen-bond acceptors (Lipinski definition) is 4. The number of carbonyl (C=O) groups excluding carboxylic acids is 1. The van der Waals surface area contributed by atoms with Gasteiger partial charge in [-0.3, -0.25) is 4.99 Å². The Morgan fingerprint density at radius 2 is 1.62 bits per heavy atom. The van der Waals surface area contributed by atoms with Crippen LogP contribution in [-0.4, -0.2) is 31.6 Å². The van der Waals surface area contributed by atoms with Crippen LogP contribution in [0.3, 0.4) is 0 Å². The maximum absolute atomic E-state index is 13.3. The molecule has 0 amide bonds. The molecular weight excluding hydrogens is 347 g/mol. The van der Waals surface area contributed by atoms with E-state index in [0.29, 0.717) is 11.1 Å². The lowest BCUT2D eigenvalue weighted by Gasteiger charge is -2.16. The number of ether oxygens (including phenoxy) is 2. The number of carbonyl (C=O) groups is 1. The van der Waals surface area contributed by atoms with Gasteiger partial charge in [-0.25, -0.2) is 4.79 Å². The van der Waals surface area contributed by atoms with Crippen molar-refractivity contribution in [2.75, 3.05) is 13.7 Å². The SMILES string of the molecule is COC[C@H](N=C(C(=O)OCc1ccccc1)C(F)(F)F)c1ccccc1. The maximum atomic E-state index is 13.3. The van der Waals surface area contributed by atoms with Gasteiger partial charge in [0.15, 0.2) is 0 Å². The molecule has 1 atom stereocenters. The molecule has 4 nitrogen and oxygen atoms in total. The minimum absolute atomic E-state index is 0.102. The van der Waals surface area contributed by atoms with Gasteiger partial charge >= 0.3 is 12.1 Å². The molecule has 0 aliphatic carbocycles. The number of hydrogen-bond donors (Lipinski definition) is 0. The summed E-state index contributed by atoms with van der Waals surface area (Å²) in [4.78, 5) is 15.6.